The Balaban J connectivity index is 1.16. The minimum atomic E-state index is -0.170. The predicted molar refractivity (Wildman–Crippen MR) is 156 cm³/mol. The van der Waals surface area contributed by atoms with E-state index in [-0.39, 0.29) is 17.6 Å². The van der Waals surface area contributed by atoms with Crippen LogP contribution in [0, 0.1) is 0 Å². The third-order valence-electron chi connectivity index (χ3n) is 7.11. The van der Waals surface area contributed by atoms with Gasteiger partial charge >= 0.3 is 6.03 Å². The first-order chi connectivity index (χ1) is 19.1. The third-order valence-corrected chi connectivity index (χ3v) is 7.11. The van der Waals surface area contributed by atoms with E-state index in [0.29, 0.717) is 10.9 Å². The number of nitrogens with zero attached hydrogens (tertiary/aromatic N) is 2. The topological polar surface area (TPSA) is 90.1 Å². The van der Waals surface area contributed by atoms with Crippen LogP contribution in [0.2, 0.25) is 0 Å². The second-order valence-corrected chi connectivity index (χ2v) is 9.87. The van der Waals surface area contributed by atoms with E-state index in [2.05, 4.69) is 44.8 Å². The van der Waals surface area contributed by atoms with Crippen LogP contribution in [-0.4, -0.2) is 40.0 Å². The summed E-state index contributed by atoms with van der Waals surface area (Å²) in [7, 11) is 0. The number of fused-ring (bicyclic) bond motifs is 1. The van der Waals surface area contributed by atoms with Crippen LogP contribution in [0.3, 0.4) is 0 Å². The molecule has 0 unspecified atom stereocenters. The summed E-state index contributed by atoms with van der Waals surface area (Å²) < 4.78 is 0. The first kappa shape index (κ1) is 24.6. The maximum atomic E-state index is 12.5. The van der Waals surface area contributed by atoms with E-state index in [0.717, 1.165) is 54.1 Å². The van der Waals surface area contributed by atoms with E-state index >= 15 is 0 Å². The van der Waals surface area contributed by atoms with E-state index in [1.807, 2.05) is 72.8 Å². The van der Waals surface area contributed by atoms with Crippen molar-refractivity contribution in [2.45, 2.75) is 19.0 Å². The van der Waals surface area contributed by atoms with Crippen LogP contribution in [0.25, 0.3) is 33.3 Å². The van der Waals surface area contributed by atoms with Crippen molar-refractivity contribution in [1.29, 1.82) is 0 Å². The summed E-state index contributed by atoms with van der Waals surface area (Å²) in [5.41, 5.74) is 6.30. The number of rotatable bonds is 6. The number of nitrogens with one attached hydrogen (secondary N) is 3. The lowest BCUT2D eigenvalue weighted by molar-refractivity contribution is 0.247. The average Bonchev–Trinajstić information content (AvgIpc) is 3.40. The van der Waals surface area contributed by atoms with E-state index in [4.69, 9.17) is 4.98 Å². The Bertz CT molecular complexity index is 1650. The van der Waals surface area contributed by atoms with Crippen molar-refractivity contribution in [3.05, 3.63) is 119 Å². The molecular weight excluding hydrogens is 486 g/mol. The Morgan fingerprint density at radius 3 is 2.44 bits per heavy atom. The van der Waals surface area contributed by atoms with Gasteiger partial charge in [-0.05, 0) is 41.8 Å². The van der Waals surface area contributed by atoms with Crippen LogP contribution in [0.1, 0.15) is 12.0 Å². The van der Waals surface area contributed by atoms with Crippen molar-refractivity contribution in [3.63, 3.8) is 0 Å². The number of anilines is 1. The molecule has 1 saturated heterocycles. The molecule has 0 aliphatic carbocycles. The fraction of sp³-hybridized carbons (Fsp3) is 0.156. The Kier molecular flexibility index (Phi) is 6.89. The molecule has 0 bridgehead atoms. The van der Waals surface area contributed by atoms with Gasteiger partial charge in [0, 0.05) is 48.7 Å². The molecule has 7 nitrogen and oxygen atoms in total. The Hall–Kier alpha value is -4.75. The van der Waals surface area contributed by atoms with E-state index in [1.54, 1.807) is 6.20 Å². The molecule has 39 heavy (non-hydrogen) atoms. The van der Waals surface area contributed by atoms with Gasteiger partial charge in [-0.1, -0.05) is 72.8 Å². The molecule has 6 rings (SSSR count). The molecule has 0 radical (unpaired) electrons. The van der Waals surface area contributed by atoms with Crippen molar-refractivity contribution < 1.29 is 4.79 Å². The summed E-state index contributed by atoms with van der Waals surface area (Å²) in [6.07, 6.45) is 2.55. The highest BCUT2D eigenvalue weighted by Gasteiger charge is 2.24. The first-order valence-electron chi connectivity index (χ1n) is 13.1. The Morgan fingerprint density at radius 1 is 0.923 bits per heavy atom. The number of urea groups is 1. The van der Waals surface area contributed by atoms with Crippen LogP contribution in [0.4, 0.5) is 10.5 Å². The molecule has 2 aromatic heterocycles. The second-order valence-electron chi connectivity index (χ2n) is 9.87. The van der Waals surface area contributed by atoms with E-state index in [9.17, 15) is 9.59 Å². The standard InChI is InChI=1S/C32H29N5O2/c38-31-28-19-27(23-7-3-1-4-8-23)30(36-29(28)15-17-33-31)24-13-11-22(12-14-24)20-37-18-16-26(21-37)35-32(39)34-25-9-5-2-6-10-25/h1-15,17,19,26H,16,18,20-21H2,(H,33,38)(H2,34,35,39)/t26-/m1/s1. The van der Waals surface area contributed by atoms with Crippen molar-refractivity contribution in [2.75, 3.05) is 18.4 Å². The van der Waals surface area contributed by atoms with Gasteiger partial charge in [0.2, 0.25) is 0 Å². The zero-order valence-corrected chi connectivity index (χ0v) is 21.4. The van der Waals surface area contributed by atoms with Crippen LogP contribution < -0.4 is 16.2 Å². The number of likely N-dealkylation sites (tertiary alicyclic amines) is 1. The molecule has 7 heteroatoms. The van der Waals surface area contributed by atoms with Crippen molar-refractivity contribution in [1.82, 2.24) is 20.2 Å². The quantitative estimate of drug-likeness (QED) is 0.273. The molecule has 5 aromatic rings. The van der Waals surface area contributed by atoms with Crippen LogP contribution in [0.15, 0.2) is 108 Å². The van der Waals surface area contributed by atoms with Gasteiger partial charge < -0.3 is 15.6 Å². The summed E-state index contributed by atoms with van der Waals surface area (Å²) in [5.74, 6) is 0. The van der Waals surface area contributed by atoms with Crippen LogP contribution >= 0.6 is 0 Å². The number of aromatic nitrogens is 2. The van der Waals surface area contributed by atoms with Crippen LogP contribution in [0.5, 0.6) is 0 Å². The zero-order valence-electron chi connectivity index (χ0n) is 21.4. The number of hydrogen-bond acceptors (Lipinski definition) is 4. The van der Waals surface area contributed by atoms with E-state index in [1.165, 1.54) is 5.56 Å². The fourth-order valence-corrected chi connectivity index (χ4v) is 5.16. The third kappa shape index (κ3) is 5.58. The predicted octanol–water partition coefficient (Wildman–Crippen LogP) is 5.65. The molecule has 194 valence electrons. The van der Waals surface area contributed by atoms with Gasteiger partial charge in [0.15, 0.2) is 0 Å². The molecule has 3 aromatic carbocycles. The summed E-state index contributed by atoms with van der Waals surface area (Å²) in [4.78, 5) is 34.8. The molecule has 1 fully saturated rings. The number of carbonyl (C=O) groups is 1. The molecule has 1 atom stereocenters. The highest BCUT2D eigenvalue weighted by Crippen LogP contribution is 2.33. The number of H-pyrrole nitrogens is 1. The molecule has 2 amide bonds. The lowest BCUT2D eigenvalue weighted by atomic mass is 9.97. The first-order valence-corrected chi connectivity index (χ1v) is 13.1. The fourth-order valence-electron chi connectivity index (χ4n) is 5.16. The summed E-state index contributed by atoms with van der Waals surface area (Å²) in [6, 6.07) is 31.7. The van der Waals surface area contributed by atoms with Gasteiger partial charge in [-0.25, -0.2) is 9.78 Å². The number of para-hydroxylation sites is 1. The summed E-state index contributed by atoms with van der Waals surface area (Å²) in [5, 5.41) is 6.56. The number of amides is 2. The zero-order chi connectivity index (χ0) is 26.6. The number of pyridine rings is 2. The van der Waals surface area contributed by atoms with Gasteiger partial charge in [0.25, 0.3) is 5.56 Å². The number of aromatic amines is 1. The smallest absolute Gasteiger partial charge is 0.319 e. The van der Waals surface area contributed by atoms with Gasteiger partial charge in [-0.15, -0.1) is 0 Å². The molecule has 0 saturated carbocycles. The molecule has 3 heterocycles. The van der Waals surface area contributed by atoms with Crippen LogP contribution in [-0.2, 0) is 6.54 Å². The van der Waals surface area contributed by atoms with Crippen molar-refractivity contribution in [2.24, 2.45) is 0 Å². The normalized spacial score (nSPS) is 15.3. The molecule has 0 spiro atoms. The summed E-state index contributed by atoms with van der Waals surface area (Å²) >= 11 is 0. The SMILES string of the molecule is O=C(Nc1ccccc1)N[C@@H]1CCN(Cc2ccc(-c3nc4cc[nH]c(=O)c4cc3-c3ccccc3)cc2)C1. The van der Waals surface area contributed by atoms with Gasteiger partial charge in [0.05, 0.1) is 16.6 Å². The average molecular weight is 516 g/mol. The minimum absolute atomic E-state index is 0.117. The highest BCUT2D eigenvalue weighted by molar-refractivity contribution is 5.91. The number of hydrogen-bond donors (Lipinski definition) is 3. The largest absolute Gasteiger partial charge is 0.334 e. The van der Waals surface area contributed by atoms with Gasteiger partial charge in [0.1, 0.15) is 0 Å². The van der Waals surface area contributed by atoms with E-state index < -0.39 is 0 Å². The molecular formula is C32H29N5O2. The maximum Gasteiger partial charge on any atom is 0.319 e. The molecule has 1 aliphatic heterocycles. The Labute approximate surface area is 226 Å². The minimum Gasteiger partial charge on any atom is -0.334 e. The Morgan fingerprint density at radius 2 is 1.67 bits per heavy atom. The summed E-state index contributed by atoms with van der Waals surface area (Å²) in [6.45, 7) is 2.55. The lowest BCUT2D eigenvalue weighted by Crippen LogP contribution is -2.39. The highest BCUT2D eigenvalue weighted by atomic mass is 16.2. The lowest BCUT2D eigenvalue weighted by Gasteiger charge is -2.17. The molecule has 3 N–H and O–H groups in total. The monoisotopic (exact) mass is 515 g/mol. The number of carbonyl (C=O) groups excluding carboxylic acids is 1. The van der Waals surface area contributed by atoms with Gasteiger partial charge in [-0.3, -0.25) is 9.69 Å². The van der Waals surface area contributed by atoms with Crippen molar-refractivity contribution in [3.8, 4) is 22.4 Å². The number of benzene rings is 3. The molecule has 1 aliphatic rings. The van der Waals surface area contributed by atoms with Crippen molar-refractivity contribution >= 4 is 22.6 Å². The second kappa shape index (κ2) is 10.9. The maximum absolute atomic E-state index is 12.5. The van der Waals surface area contributed by atoms with Gasteiger partial charge in [-0.2, -0.15) is 0 Å².